The molecule has 0 unspecified atom stereocenters. The predicted octanol–water partition coefficient (Wildman–Crippen LogP) is 5.77. The van der Waals surface area contributed by atoms with Gasteiger partial charge >= 0.3 is 6.18 Å². The number of hydrogen-bond acceptors (Lipinski definition) is 5. The third kappa shape index (κ3) is 4.94. The van der Waals surface area contributed by atoms with Crippen molar-refractivity contribution in [1.29, 1.82) is 0 Å². The van der Waals surface area contributed by atoms with Gasteiger partial charge in [0.15, 0.2) is 0 Å². The van der Waals surface area contributed by atoms with Crippen LogP contribution in [0.15, 0.2) is 41.1 Å². The number of piperidine rings is 1. The van der Waals surface area contributed by atoms with E-state index in [1.807, 2.05) is 4.90 Å². The number of carbonyl (C=O) groups is 1. The molecule has 4 rings (SSSR count). The first-order valence-corrected chi connectivity index (χ1v) is 10.9. The van der Waals surface area contributed by atoms with Crippen LogP contribution in [0.25, 0.3) is 11.3 Å². The molecule has 0 bridgehead atoms. The van der Waals surface area contributed by atoms with Gasteiger partial charge in [0.25, 0.3) is 5.91 Å². The molecule has 0 atom stereocenters. The van der Waals surface area contributed by atoms with Gasteiger partial charge in [-0.2, -0.15) is 13.2 Å². The number of benzene rings is 1. The SMILES string of the molecule is Cc1onc(-c2c(Cl)cccc2Cl)c1C(=O)NC1CCN(c2ccc(C(F)(F)F)cn2)CC1. The van der Waals surface area contributed by atoms with Crippen LogP contribution < -0.4 is 10.2 Å². The van der Waals surface area contributed by atoms with Gasteiger partial charge in [0.1, 0.15) is 22.8 Å². The van der Waals surface area contributed by atoms with Gasteiger partial charge in [0.2, 0.25) is 0 Å². The van der Waals surface area contributed by atoms with E-state index in [1.54, 1.807) is 25.1 Å². The smallest absolute Gasteiger partial charge is 0.360 e. The van der Waals surface area contributed by atoms with Crippen molar-refractivity contribution < 1.29 is 22.5 Å². The second-order valence-electron chi connectivity index (χ2n) is 7.70. The van der Waals surface area contributed by atoms with Crippen molar-refractivity contribution in [1.82, 2.24) is 15.5 Å². The maximum Gasteiger partial charge on any atom is 0.417 e. The molecule has 1 amide bonds. The van der Waals surface area contributed by atoms with Crippen molar-refractivity contribution in [3.8, 4) is 11.3 Å². The van der Waals surface area contributed by atoms with Gasteiger partial charge in [-0.15, -0.1) is 0 Å². The third-order valence-electron chi connectivity index (χ3n) is 5.52. The fourth-order valence-corrected chi connectivity index (χ4v) is 4.36. The highest BCUT2D eigenvalue weighted by Gasteiger charge is 2.31. The van der Waals surface area contributed by atoms with Gasteiger partial charge in [-0.3, -0.25) is 4.79 Å². The minimum Gasteiger partial charge on any atom is -0.360 e. The molecule has 3 aromatic rings. The van der Waals surface area contributed by atoms with Crippen LogP contribution in [-0.2, 0) is 6.18 Å². The number of aryl methyl sites for hydroxylation is 1. The largest absolute Gasteiger partial charge is 0.417 e. The first-order chi connectivity index (χ1) is 15.6. The summed E-state index contributed by atoms with van der Waals surface area (Å²) in [5.74, 6) is 0.453. The summed E-state index contributed by atoms with van der Waals surface area (Å²) in [5, 5.41) is 7.69. The van der Waals surface area contributed by atoms with Crippen LogP contribution in [0.4, 0.5) is 19.0 Å². The summed E-state index contributed by atoms with van der Waals surface area (Å²) in [6.07, 6.45) is -2.39. The van der Waals surface area contributed by atoms with E-state index >= 15 is 0 Å². The summed E-state index contributed by atoms with van der Waals surface area (Å²) in [5.41, 5.74) is 0.168. The number of rotatable bonds is 4. The van der Waals surface area contributed by atoms with Crippen LogP contribution in [-0.4, -0.2) is 35.2 Å². The highest BCUT2D eigenvalue weighted by Crippen LogP contribution is 2.37. The molecule has 0 saturated carbocycles. The molecule has 1 fully saturated rings. The zero-order valence-corrected chi connectivity index (χ0v) is 18.9. The molecule has 0 spiro atoms. The van der Waals surface area contributed by atoms with Gasteiger partial charge in [0.05, 0.1) is 15.6 Å². The highest BCUT2D eigenvalue weighted by atomic mass is 35.5. The van der Waals surface area contributed by atoms with Crippen molar-refractivity contribution in [3.63, 3.8) is 0 Å². The molecule has 33 heavy (non-hydrogen) atoms. The Morgan fingerprint density at radius 3 is 2.39 bits per heavy atom. The average molecular weight is 499 g/mol. The maximum absolute atomic E-state index is 13.1. The summed E-state index contributed by atoms with van der Waals surface area (Å²) < 4.78 is 43.5. The molecule has 1 N–H and O–H groups in total. The summed E-state index contributed by atoms with van der Waals surface area (Å²) >= 11 is 12.6. The molecule has 2 aromatic heterocycles. The van der Waals surface area contributed by atoms with E-state index in [9.17, 15) is 18.0 Å². The monoisotopic (exact) mass is 498 g/mol. The Bertz CT molecular complexity index is 1140. The number of nitrogens with zero attached hydrogens (tertiary/aromatic N) is 3. The molecule has 6 nitrogen and oxygen atoms in total. The molecule has 11 heteroatoms. The van der Waals surface area contributed by atoms with E-state index in [0.717, 1.165) is 12.3 Å². The number of amides is 1. The Hall–Kier alpha value is -2.78. The number of anilines is 1. The Kier molecular flexibility index (Phi) is 6.54. The van der Waals surface area contributed by atoms with E-state index < -0.39 is 11.7 Å². The number of nitrogens with one attached hydrogen (secondary N) is 1. The average Bonchev–Trinajstić information content (AvgIpc) is 3.15. The molecular weight excluding hydrogens is 480 g/mol. The second-order valence-corrected chi connectivity index (χ2v) is 8.51. The van der Waals surface area contributed by atoms with Crippen LogP contribution in [0.5, 0.6) is 0 Å². The fraction of sp³-hybridized carbons (Fsp3) is 0.318. The van der Waals surface area contributed by atoms with Crippen LogP contribution >= 0.6 is 23.2 Å². The standard InChI is InChI=1S/C22H19Cl2F3N4O2/c1-12-18(20(30-33-12)19-15(23)3-2-4-16(19)24)21(32)29-14-7-9-31(10-8-14)17-6-5-13(11-28-17)22(25,26)27/h2-6,11,14H,7-10H2,1H3,(H,29,32). The van der Waals surface area contributed by atoms with Gasteiger partial charge in [-0.25, -0.2) is 4.98 Å². The summed E-state index contributed by atoms with van der Waals surface area (Å²) in [6.45, 7) is 2.71. The predicted molar refractivity (Wildman–Crippen MR) is 119 cm³/mol. The molecule has 0 aliphatic carbocycles. The van der Waals surface area contributed by atoms with E-state index in [4.69, 9.17) is 27.7 Å². The maximum atomic E-state index is 13.1. The van der Waals surface area contributed by atoms with Crippen LogP contribution in [0.3, 0.4) is 0 Å². The third-order valence-corrected chi connectivity index (χ3v) is 6.15. The number of hydrogen-bond donors (Lipinski definition) is 1. The lowest BCUT2D eigenvalue weighted by Gasteiger charge is -2.33. The van der Waals surface area contributed by atoms with Crippen molar-refractivity contribution in [2.24, 2.45) is 0 Å². The summed E-state index contributed by atoms with van der Waals surface area (Å²) in [4.78, 5) is 18.9. The number of halogens is 5. The molecule has 174 valence electrons. The van der Waals surface area contributed by atoms with E-state index in [2.05, 4.69) is 15.5 Å². The molecule has 1 saturated heterocycles. The molecule has 1 aromatic carbocycles. The molecular formula is C22H19Cl2F3N4O2. The first-order valence-electron chi connectivity index (χ1n) is 10.1. The van der Waals surface area contributed by atoms with Gasteiger partial charge < -0.3 is 14.7 Å². The Morgan fingerprint density at radius 2 is 1.82 bits per heavy atom. The minimum atomic E-state index is -4.42. The number of alkyl halides is 3. The van der Waals surface area contributed by atoms with Crippen LogP contribution in [0, 0.1) is 6.92 Å². The highest BCUT2D eigenvalue weighted by molar-refractivity contribution is 6.39. The van der Waals surface area contributed by atoms with E-state index in [1.165, 1.54) is 6.07 Å². The lowest BCUT2D eigenvalue weighted by molar-refractivity contribution is -0.137. The fourth-order valence-electron chi connectivity index (χ4n) is 3.79. The lowest BCUT2D eigenvalue weighted by Crippen LogP contribution is -2.45. The number of pyridine rings is 1. The van der Waals surface area contributed by atoms with Gasteiger partial charge in [-0.1, -0.05) is 34.4 Å². The van der Waals surface area contributed by atoms with E-state index in [0.29, 0.717) is 53.1 Å². The van der Waals surface area contributed by atoms with Gasteiger partial charge in [-0.05, 0) is 44.0 Å². The zero-order chi connectivity index (χ0) is 23.8. The molecule has 1 aliphatic rings. The van der Waals surface area contributed by atoms with Crippen molar-refractivity contribution >= 4 is 34.9 Å². The normalized spacial score (nSPS) is 15.0. The molecule has 1 aliphatic heterocycles. The topological polar surface area (TPSA) is 71.3 Å². The van der Waals surface area contributed by atoms with Crippen LogP contribution in [0.1, 0.15) is 34.5 Å². The minimum absolute atomic E-state index is 0.132. The quantitative estimate of drug-likeness (QED) is 0.494. The number of aromatic nitrogens is 2. The second kappa shape index (κ2) is 9.23. The molecule has 3 heterocycles. The lowest BCUT2D eigenvalue weighted by atomic mass is 10.0. The van der Waals surface area contributed by atoms with Crippen molar-refractivity contribution in [3.05, 3.63) is 63.5 Å². The van der Waals surface area contributed by atoms with Gasteiger partial charge in [0, 0.05) is 30.9 Å². The van der Waals surface area contributed by atoms with Crippen LogP contribution in [0.2, 0.25) is 10.0 Å². The Labute approximate surface area is 197 Å². The molecule has 0 radical (unpaired) electrons. The summed E-state index contributed by atoms with van der Waals surface area (Å²) in [7, 11) is 0. The summed E-state index contributed by atoms with van der Waals surface area (Å²) in [6, 6.07) is 7.25. The zero-order valence-electron chi connectivity index (χ0n) is 17.4. The first kappa shape index (κ1) is 23.4. The number of carbonyl (C=O) groups excluding carboxylic acids is 1. The Balaban J connectivity index is 1.43. The van der Waals surface area contributed by atoms with Crippen molar-refractivity contribution in [2.45, 2.75) is 32.0 Å². The van der Waals surface area contributed by atoms with Crippen molar-refractivity contribution in [2.75, 3.05) is 18.0 Å². The Morgan fingerprint density at radius 1 is 1.15 bits per heavy atom. The van der Waals surface area contributed by atoms with E-state index in [-0.39, 0.29) is 23.2 Å².